The fourth-order valence-corrected chi connectivity index (χ4v) is 2.68. The Morgan fingerprint density at radius 3 is 2.61 bits per heavy atom. The van der Waals surface area contributed by atoms with Crippen molar-refractivity contribution >= 4 is 11.8 Å². The van der Waals surface area contributed by atoms with E-state index >= 15 is 0 Å². The Hall–Kier alpha value is -3.88. The minimum atomic E-state index is -0.905. The Morgan fingerprint density at radius 1 is 1.07 bits per heavy atom. The highest BCUT2D eigenvalue weighted by molar-refractivity contribution is 5.94. The number of rotatable bonds is 3. The fraction of sp³-hybridized carbons (Fsp3) is 0.105. The van der Waals surface area contributed by atoms with Gasteiger partial charge < -0.3 is 9.47 Å². The molecule has 2 heterocycles. The van der Waals surface area contributed by atoms with Crippen LogP contribution in [0.15, 0.2) is 61.1 Å². The predicted molar refractivity (Wildman–Crippen MR) is 95.5 cm³/mol. The van der Waals surface area contributed by atoms with Gasteiger partial charge in [-0.2, -0.15) is 0 Å². The lowest BCUT2D eigenvalue weighted by molar-refractivity contribution is -0.131. The maximum Gasteiger partial charge on any atom is 0.288 e. The number of carbonyl (C=O) groups excluding carboxylic acids is 2. The number of imidazole rings is 1. The molecule has 2 aromatic carbocycles. The molecular weight excluding hydrogens is 367 g/mol. The minimum absolute atomic E-state index is 0.0201. The van der Waals surface area contributed by atoms with Crippen LogP contribution in [0, 0.1) is 5.82 Å². The van der Waals surface area contributed by atoms with E-state index < -0.39 is 23.7 Å². The fourth-order valence-electron chi connectivity index (χ4n) is 2.68. The molecule has 0 aliphatic carbocycles. The molecule has 9 heteroatoms. The van der Waals surface area contributed by atoms with Crippen molar-refractivity contribution in [2.45, 2.75) is 6.10 Å². The summed E-state index contributed by atoms with van der Waals surface area (Å²) in [6, 6.07) is 12.6. The van der Waals surface area contributed by atoms with Gasteiger partial charge in [0.05, 0.1) is 12.5 Å². The van der Waals surface area contributed by atoms with E-state index in [0.717, 1.165) is 0 Å². The van der Waals surface area contributed by atoms with Gasteiger partial charge in [0.15, 0.2) is 11.5 Å². The van der Waals surface area contributed by atoms with Crippen molar-refractivity contribution in [3.63, 3.8) is 0 Å². The van der Waals surface area contributed by atoms with Gasteiger partial charge in [0.1, 0.15) is 18.1 Å². The van der Waals surface area contributed by atoms with Crippen molar-refractivity contribution in [3.8, 4) is 17.2 Å². The third-order valence-electron chi connectivity index (χ3n) is 4.08. The largest absolute Gasteiger partial charge is 0.485 e. The molecule has 1 aliphatic rings. The Balaban J connectivity index is 1.40. The topological polar surface area (TPSA) is 94.5 Å². The zero-order valence-corrected chi connectivity index (χ0v) is 14.5. The van der Waals surface area contributed by atoms with Crippen molar-refractivity contribution in [2.75, 3.05) is 6.61 Å². The molecular formula is C19H15FN4O4. The first-order valence-corrected chi connectivity index (χ1v) is 8.39. The quantitative estimate of drug-likeness (QED) is 0.672. The van der Waals surface area contributed by atoms with Gasteiger partial charge >= 0.3 is 0 Å². The molecule has 0 bridgehead atoms. The number of hydrazine groups is 1. The number of amides is 2. The van der Waals surface area contributed by atoms with Crippen LogP contribution < -0.4 is 20.3 Å². The van der Waals surface area contributed by atoms with Gasteiger partial charge in [-0.3, -0.25) is 25.0 Å². The molecule has 8 nitrogen and oxygen atoms in total. The minimum Gasteiger partial charge on any atom is -0.485 e. The number of nitrogens with one attached hydrogen (secondary N) is 2. The van der Waals surface area contributed by atoms with Crippen molar-refractivity contribution in [3.05, 3.63) is 72.6 Å². The number of hydrogen-bond acceptors (Lipinski definition) is 5. The lowest BCUT2D eigenvalue weighted by Gasteiger charge is -2.25. The number of para-hydroxylation sites is 2. The summed E-state index contributed by atoms with van der Waals surface area (Å²) in [7, 11) is 0. The highest BCUT2D eigenvalue weighted by Gasteiger charge is 2.27. The zero-order chi connectivity index (χ0) is 19.5. The van der Waals surface area contributed by atoms with Crippen LogP contribution in [0.4, 0.5) is 4.39 Å². The van der Waals surface area contributed by atoms with Crippen LogP contribution in [0.1, 0.15) is 10.5 Å². The SMILES string of the molecule is O=C(NNC(=O)[C@H]1COc2ccccc2O1)c1cncn1-c1ccc(F)cc1. The van der Waals surface area contributed by atoms with Crippen LogP contribution >= 0.6 is 0 Å². The third-order valence-corrected chi connectivity index (χ3v) is 4.08. The monoisotopic (exact) mass is 382 g/mol. The van der Waals surface area contributed by atoms with Crippen LogP contribution in [-0.4, -0.2) is 34.1 Å². The number of fused-ring (bicyclic) bond motifs is 1. The first kappa shape index (κ1) is 17.5. The molecule has 0 unspecified atom stereocenters. The van der Waals surface area contributed by atoms with E-state index in [9.17, 15) is 14.0 Å². The van der Waals surface area contributed by atoms with Crippen molar-refractivity contribution in [1.29, 1.82) is 0 Å². The molecule has 4 rings (SSSR count). The molecule has 3 aromatic rings. The summed E-state index contributed by atoms with van der Waals surface area (Å²) in [5, 5.41) is 0. The van der Waals surface area contributed by atoms with Gasteiger partial charge in [-0.05, 0) is 36.4 Å². The molecule has 28 heavy (non-hydrogen) atoms. The molecule has 0 fully saturated rings. The van der Waals surface area contributed by atoms with E-state index in [2.05, 4.69) is 15.8 Å². The summed E-state index contributed by atoms with van der Waals surface area (Å²) in [6.45, 7) is 0.0201. The van der Waals surface area contributed by atoms with E-state index in [0.29, 0.717) is 17.2 Å². The highest BCUT2D eigenvalue weighted by Crippen LogP contribution is 2.30. The van der Waals surface area contributed by atoms with Crippen LogP contribution in [0.3, 0.4) is 0 Å². The number of nitrogens with zero attached hydrogens (tertiary/aromatic N) is 2. The first-order valence-electron chi connectivity index (χ1n) is 8.39. The molecule has 0 spiro atoms. The average molecular weight is 382 g/mol. The van der Waals surface area contributed by atoms with E-state index in [1.54, 1.807) is 24.3 Å². The number of aromatic nitrogens is 2. The van der Waals surface area contributed by atoms with E-state index in [1.807, 2.05) is 0 Å². The van der Waals surface area contributed by atoms with E-state index in [4.69, 9.17) is 9.47 Å². The Labute approximate surface area is 158 Å². The highest BCUT2D eigenvalue weighted by atomic mass is 19.1. The molecule has 2 amide bonds. The van der Waals surface area contributed by atoms with Gasteiger partial charge in [0, 0.05) is 5.69 Å². The number of hydrogen-bond donors (Lipinski definition) is 2. The maximum absolute atomic E-state index is 13.1. The van der Waals surface area contributed by atoms with Gasteiger partial charge in [0.25, 0.3) is 11.8 Å². The summed E-state index contributed by atoms with van der Waals surface area (Å²) in [5.74, 6) is -0.533. The lowest BCUT2D eigenvalue weighted by atomic mass is 10.2. The second kappa shape index (κ2) is 7.39. The van der Waals surface area contributed by atoms with E-state index in [1.165, 1.54) is 41.4 Å². The first-order chi connectivity index (χ1) is 13.6. The number of carbonyl (C=O) groups is 2. The maximum atomic E-state index is 13.1. The summed E-state index contributed by atoms with van der Waals surface area (Å²) in [4.78, 5) is 28.6. The summed E-state index contributed by atoms with van der Waals surface area (Å²) in [6.07, 6.45) is 1.84. The molecule has 1 atom stereocenters. The summed E-state index contributed by atoms with van der Waals surface area (Å²) < 4.78 is 25.6. The van der Waals surface area contributed by atoms with Crippen LogP contribution in [0.25, 0.3) is 5.69 Å². The lowest BCUT2D eigenvalue weighted by Crippen LogP contribution is -2.51. The van der Waals surface area contributed by atoms with Gasteiger partial charge in [-0.1, -0.05) is 12.1 Å². The van der Waals surface area contributed by atoms with Crippen LogP contribution in [0.2, 0.25) is 0 Å². The number of halogens is 1. The predicted octanol–water partition coefficient (Wildman–Crippen LogP) is 1.61. The standard InChI is InChI=1S/C19H15FN4O4/c20-12-5-7-13(8-6-12)24-11-21-9-14(24)18(25)22-23-19(26)17-10-27-15-3-1-2-4-16(15)28-17/h1-9,11,17H,10H2,(H,22,25)(H,23,26)/t17-/m1/s1. The van der Waals surface area contributed by atoms with Gasteiger partial charge in [-0.25, -0.2) is 9.37 Å². The smallest absolute Gasteiger partial charge is 0.288 e. The second-order valence-corrected chi connectivity index (χ2v) is 5.93. The molecule has 1 aromatic heterocycles. The summed E-state index contributed by atoms with van der Waals surface area (Å²) >= 11 is 0. The van der Waals surface area contributed by atoms with Gasteiger partial charge in [0.2, 0.25) is 6.10 Å². The van der Waals surface area contributed by atoms with Crippen molar-refractivity contribution in [1.82, 2.24) is 20.4 Å². The van der Waals surface area contributed by atoms with Crippen molar-refractivity contribution in [2.24, 2.45) is 0 Å². The zero-order valence-electron chi connectivity index (χ0n) is 14.5. The Morgan fingerprint density at radius 2 is 1.82 bits per heavy atom. The molecule has 0 saturated carbocycles. The molecule has 1 aliphatic heterocycles. The molecule has 0 radical (unpaired) electrons. The molecule has 0 saturated heterocycles. The Kier molecular flexibility index (Phi) is 4.63. The van der Waals surface area contributed by atoms with Crippen molar-refractivity contribution < 1.29 is 23.5 Å². The normalized spacial score (nSPS) is 15.0. The molecule has 2 N–H and O–H groups in total. The van der Waals surface area contributed by atoms with Gasteiger partial charge in [-0.15, -0.1) is 0 Å². The van der Waals surface area contributed by atoms with Crippen LogP contribution in [0.5, 0.6) is 11.5 Å². The second-order valence-electron chi connectivity index (χ2n) is 5.93. The third kappa shape index (κ3) is 3.50. The Bertz CT molecular complexity index is 1020. The molecule has 142 valence electrons. The summed E-state index contributed by atoms with van der Waals surface area (Å²) in [5.41, 5.74) is 5.35. The van der Waals surface area contributed by atoms with Crippen LogP contribution in [-0.2, 0) is 4.79 Å². The number of benzene rings is 2. The number of ether oxygens (including phenoxy) is 2. The van der Waals surface area contributed by atoms with E-state index in [-0.39, 0.29) is 12.3 Å². The average Bonchev–Trinajstić information content (AvgIpc) is 3.22.